The van der Waals surface area contributed by atoms with Crippen LogP contribution in [0.3, 0.4) is 0 Å². The van der Waals surface area contributed by atoms with Crippen molar-refractivity contribution < 1.29 is 13.9 Å². The van der Waals surface area contributed by atoms with Crippen LogP contribution in [0.25, 0.3) is 0 Å². The van der Waals surface area contributed by atoms with Crippen LogP contribution in [-0.2, 0) is 0 Å². The van der Waals surface area contributed by atoms with E-state index in [1.807, 2.05) is 12.1 Å². The lowest BCUT2D eigenvalue weighted by molar-refractivity contribution is 0.0929. The first kappa shape index (κ1) is 15.5. The highest BCUT2D eigenvalue weighted by Crippen LogP contribution is 2.23. The van der Waals surface area contributed by atoms with E-state index in [-0.39, 0.29) is 23.9 Å². The average Bonchev–Trinajstić information content (AvgIpc) is 3.03. The monoisotopic (exact) mass is 315 g/mol. The van der Waals surface area contributed by atoms with Crippen molar-refractivity contribution in [3.8, 4) is 5.75 Å². The molecule has 0 radical (unpaired) electrons. The molecule has 3 rings (SSSR count). The van der Waals surface area contributed by atoms with Crippen LogP contribution in [0.5, 0.6) is 5.75 Å². The van der Waals surface area contributed by atoms with Crippen molar-refractivity contribution in [3.63, 3.8) is 0 Å². The molecule has 6 heteroatoms. The first-order valence-corrected chi connectivity index (χ1v) is 7.38. The number of carbonyl (C=O) groups is 1. The number of hydrogen-bond donors (Lipinski definition) is 3. The molecule has 2 aromatic carbocycles. The first-order chi connectivity index (χ1) is 11.2. The van der Waals surface area contributed by atoms with Crippen molar-refractivity contribution in [1.82, 2.24) is 16.2 Å². The molecule has 1 fully saturated rings. The molecular formula is C17H18FN3O2. The molecule has 1 aliphatic rings. The quantitative estimate of drug-likeness (QED) is 0.809. The standard InChI is InChI=1S/C17H18FN3O2/c1-23-15-8-3-2-7-13(15)17(22)19-16-10-14(20-21-16)11-5-4-6-12(18)9-11/h2-9,14,16,20-21H,10H2,1H3,(H,19,22). The number of carbonyl (C=O) groups excluding carboxylic acids is 1. The fraction of sp³-hybridized carbons (Fsp3) is 0.235. The Bertz CT molecular complexity index is 708. The number of hydrogen-bond acceptors (Lipinski definition) is 4. The number of halogens is 1. The van der Waals surface area contributed by atoms with E-state index in [4.69, 9.17) is 4.74 Å². The van der Waals surface area contributed by atoms with Crippen LogP contribution in [0, 0.1) is 5.82 Å². The zero-order valence-corrected chi connectivity index (χ0v) is 12.7. The fourth-order valence-corrected chi connectivity index (χ4v) is 2.66. The Morgan fingerprint density at radius 1 is 1.22 bits per heavy atom. The summed E-state index contributed by atoms with van der Waals surface area (Å²) in [6.45, 7) is 0. The molecule has 2 aromatic rings. The van der Waals surface area contributed by atoms with Crippen molar-refractivity contribution in [3.05, 3.63) is 65.5 Å². The van der Waals surface area contributed by atoms with Crippen molar-refractivity contribution in [2.24, 2.45) is 0 Å². The average molecular weight is 315 g/mol. The summed E-state index contributed by atoms with van der Waals surface area (Å²) < 4.78 is 18.5. The maximum Gasteiger partial charge on any atom is 0.256 e. The summed E-state index contributed by atoms with van der Waals surface area (Å²) in [4.78, 5) is 12.4. The predicted molar refractivity (Wildman–Crippen MR) is 84.3 cm³/mol. The van der Waals surface area contributed by atoms with Crippen LogP contribution < -0.4 is 20.9 Å². The van der Waals surface area contributed by atoms with Crippen LogP contribution >= 0.6 is 0 Å². The highest BCUT2D eigenvalue weighted by atomic mass is 19.1. The van der Waals surface area contributed by atoms with E-state index in [1.54, 1.807) is 24.3 Å². The number of ether oxygens (including phenoxy) is 1. The molecule has 1 aliphatic heterocycles. The van der Waals surface area contributed by atoms with Crippen molar-refractivity contribution in [2.75, 3.05) is 7.11 Å². The summed E-state index contributed by atoms with van der Waals surface area (Å²) in [5.74, 6) is 0.0325. The summed E-state index contributed by atoms with van der Waals surface area (Å²) in [6.07, 6.45) is 0.366. The fourth-order valence-electron chi connectivity index (χ4n) is 2.66. The molecular weight excluding hydrogens is 297 g/mol. The number of amides is 1. The molecule has 0 spiro atoms. The number of para-hydroxylation sites is 1. The third-order valence-corrected chi connectivity index (χ3v) is 3.81. The van der Waals surface area contributed by atoms with Gasteiger partial charge >= 0.3 is 0 Å². The smallest absolute Gasteiger partial charge is 0.256 e. The molecule has 120 valence electrons. The Labute approximate surface area is 133 Å². The van der Waals surface area contributed by atoms with Gasteiger partial charge in [0.15, 0.2) is 0 Å². The zero-order valence-electron chi connectivity index (χ0n) is 12.7. The Kier molecular flexibility index (Phi) is 4.55. The number of methoxy groups -OCH3 is 1. The van der Waals surface area contributed by atoms with E-state index < -0.39 is 0 Å². The lowest BCUT2D eigenvalue weighted by Gasteiger charge is -2.14. The van der Waals surface area contributed by atoms with Crippen LogP contribution in [0.15, 0.2) is 48.5 Å². The molecule has 0 aliphatic carbocycles. The highest BCUT2D eigenvalue weighted by Gasteiger charge is 2.27. The van der Waals surface area contributed by atoms with Crippen molar-refractivity contribution >= 4 is 5.91 Å². The molecule has 0 aromatic heterocycles. The number of hydrazine groups is 1. The summed E-state index contributed by atoms with van der Waals surface area (Å²) in [7, 11) is 1.53. The third-order valence-electron chi connectivity index (χ3n) is 3.81. The second-order valence-electron chi connectivity index (χ2n) is 5.36. The Hall–Kier alpha value is -2.44. The SMILES string of the molecule is COc1ccccc1C(=O)NC1CC(c2cccc(F)c2)NN1. The van der Waals surface area contributed by atoms with Gasteiger partial charge in [0.05, 0.1) is 18.8 Å². The molecule has 2 unspecified atom stereocenters. The second-order valence-corrected chi connectivity index (χ2v) is 5.36. The van der Waals surface area contributed by atoms with Gasteiger partial charge in [0.2, 0.25) is 0 Å². The van der Waals surface area contributed by atoms with Gasteiger partial charge in [-0.3, -0.25) is 4.79 Å². The Balaban J connectivity index is 1.65. The normalized spacial score (nSPS) is 20.3. The van der Waals surface area contributed by atoms with E-state index in [2.05, 4.69) is 16.2 Å². The van der Waals surface area contributed by atoms with E-state index >= 15 is 0 Å². The van der Waals surface area contributed by atoms with Crippen LogP contribution in [0.1, 0.15) is 28.4 Å². The number of rotatable bonds is 4. The second kappa shape index (κ2) is 6.76. The molecule has 0 saturated carbocycles. The number of benzene rings is 2. The molecule has 3 N–H and O–H groups in total. The van der Waals surface area contributed by atoms with Gasteiger partial charge in [-0.15, -0.1) is 0 Å². The van der Waals surface area contributed by atoms with Gasteiger partial charge in [-0.05, 0) is 29.8 Å². The predicted octanol–water partition coefficient (Wildman–Crippen LogP) is 2.13. The maximum atomic E-state index is 13.3. The van der Waals surface area contributed by atoms with E-state index in [0.29, 0.717) is 17.7 Å². The van der Waals surface area contributed by atoms with Gasteiger partial charge in [0.25, 0.3) is 5.91 Å². The van der Waals surface area contributed by atoms with Crippen LogP contribution in [0.2, 0.25) is 0 Å². The minimum atomic E-state index is -0.272. The first-order valence-electron chi connectivity index (χ1n) is 7.38. The lowest BCUT2D eigenvalue weighted by atomic mass is 10.0. The Morgan fingerprint density at radius 3 is 2.83 bits per heavy atom. The topological polar surface area (TPSA) is 62.4 Å². The summed E-state index contributed by atoms with van der Waals surface area (Å²) in [5, 5.41) is 2.90. The molecule has 2 atom stereocenters. The van der Waals surface area contributed by atoms with Crippen molar-refractivity contribution in [2.45, 2.75) is 18.6 Å². The van der Waals surface area contributed by atoms with Gasteiger partial charge in [-0.2, -0.15) is 0 Å². The molecule has 1 heterocycles. The molecule has 23 heavy (non-hydrogen) atoms. The van der Waals surface area contributed by atoms with E-state index in [1.165, 1.54) is 19.2 Å². The number of nitrogens with one attached hydrogen (secondary N) is 3. The highest BCUT2D eigenvalue weighted by molar-refractivity contribution is 5.97. The molecule has 0 bridgehead atoms. The van der Waals surface area contributed by atoms with Gasteiger partial charge in [-0.25, -0.2) is 15.2 Å². The van der Waals surface area contributed by atoms with Crippen LogP contribution in [0.4, 0.5) is 4.39 Å². The van der Waals surface area contributed by atoms with Gasteiger partial charge in [0.1, 0.15) is 11.6 Å². The summed E-state index contributed by atoms with van der Waals surface area (Å²) in [5.41, 5.74) is 7.41. The lowest BCUT2D eigenvalue weighted by Crippen LogP contribution is -2.44. The van der Waals surface area contributed by atoms with Crippen LogP contribution in [-0.4, -0.2) is 19.2 Å². The van der Waals surface area contributed by atoms with Gasteiger partial charge < -0.3 is 10.1 Å². The summed E-state index contributed by atoms with van der Waals surface area (Å²) in [6, 6.07) is 13.4. The van der Waals surface area contributed by atoms with Gasteiger partial charge in [0, 0.05) is 12.5 Å². The molecule has 5 nitrogen and oxygen atoms in total. The minimum absolute atomic E-state index is 0.0614. The third kappa shape index (κ3) is 3.49. The Morgan fingerprint density at radius 2 is 2.04 bits per heavy atom. The minimum Gasteiger partial charge on any atom is -0.496 e. The van der Waals surface area contributed by atoms with Crippen molar-refractivity contribution in [1.29, 1.82) is 0 Å². The maximum absolute atomic E-state index is 13.3. The molecule has 1 amide bonds. The van der Waals surface area contributed by atoms with E-state index in [0.717, 1.165) is 5.56 Å². The molecule has 1 saturated heterocycles. The van der Waals surface area contributed by atoms with E-state index in [9.17, 15) is 9.18 Å². The van der Waals surface area contributed by atoms with Gasteiger partial charge in [-0.1, -0.05) is 24.3 Å². The largest absolute Gasteiger partial charge is 0.496 e. The zero-order chi connectivity index (χ0) is 16.2. The summed E-state index contributed by atoms with van der Waals surface area (Å²) >= 11 is 0.